The van der Waals surface area contributed by atoms with Crippen molar-refractivity contribution in [2.24, 2.45) is 0 Å². The first-order valence-corrected chi connectivity index (χ1v) is 11.7. The van der Waals surface area contributed by atoms with E-state index in [-0.39, 0.29) is 33.0 Å². The highest BCUT2D eigenvalue weighted by Gasteiger charge is 2.11. The number of amides is 4. The van der Waals surface area contributed by atoms with Crippen molar-refractivity contribution < 1.29 is 38.1 Å². The fraction of sp³-hybridized carbons (Fsp3) is 0.360. The zero-order valence-corrected chi connectivity index (χ0v) is 20.6. The van der Waals surface area contributed by atoms with E-state index < -0.39 is 30.4 Å². The van der Waals surface area contributed by atoms with E-state index in [0.717, 1.165) is 0 Å². The minimum Gasteiger partial charge on any atom is -0.449 e. The summed E-state index contributed by atoms with van der Waals surface area (Å²) in [4.78, 5) is 46.8. The first-order valence-electron chi connectivity index (χ1n) is 11.7. The standard InChI is InChI=1S/C25H32N4O8/c1-19(27-23(31)35-15-9-17-37-25(33)29-21-12-6-3-7-13-21)18-26-22(30)34-14-8-16-36-24(32)28-20-10-4-2-5-11-20/h2-7,10-13,19H,8-9,14-18H2,1H3,(H,26,30)(H,27,31)(H,28,32)(H,29,33). The van der Waals surface area contributed by atoms with Gasteiger partial charge in [-0.1, -0.05) is 36.4 Å². The van der Waals surface area contributed by atoms with Gasteiger partial charge in [-0.2, -0.15) is 0 Å². The molecule has 4 amide bonds. The summed E-state index contributed by atoms with van der Waals surface area (Å²) in [6.45, 7) is 2.07. The second kappa shape index (κ2) is 17.0. The molecule has 0 radical (unpaired) electrons. The molecule has 200 valence electrons. The first-order chi connectivity index (χ1) is 17.9. The molecular weight excluding hydrogens is 484 g/mol. The van der Waals surface area contributed by atoms with E-state index in [1.807, 2.05) is 12.1 Å². The van der Waals surface area contributed by atoms with Gasteiger partial charge in [-0.05, 0) is 31.2 Å². The fourth-order valence-corrected chi connectivity index (χ4v) is 2.71. The number of hydrogen-bond acceptors (Lipinski definition) is 8. The Hall–Kier alpha value is -4.48. The van der Waals surface area contributed by atoms with Gasteiger partial charge in [-0.25, -0.2) is 19.2 Å². The van der Waals surface area contributed by atoms with Crippen LogP contribution in [0.2, 0.25) is 0 Å². The lowest BCUT2D eigenvalue weighted by molar-refractivity contribution is 0.118. The Morgan fingerprint density at radius 3 is 1.49 bits per heavy atom. The van der Waals surface area contributed by atoms with Crippen LogP contribution < -0.4 is 21.3 Å². The van der Waals surface area contributed by atoms with E-state index in [9.17, 15) is 19.2 Å². The number of carbonyl (C=O) groups is 4. The maximum Gasteiger partial charge on any atom is 0.411 e. The third-order valence-corrected chi connectivity index (χ3v) is 4.47. The lowest BCUT2D eigenvalue weighted by Crippen LogP contribution is -2.42. The summed E-state index contributed by atoms with van der Waals surface area (Å²) < 4.78 is 20.0. The van der Waals surface area contributed by atoms with Gasteiger partial charge >= 0.3 is 24.4 Å². The summed E-state index contributed by atoms with van der Waals surface area (Å²) in [5.74, 6) is 0. The number of ether oxygens (including phenoxy) is 4. The number of carbonyl (C=O) groups excluding carboxylic acids is 4. The Bertz CT molecular complexity index is 975. The van der Waals surface area contributed by atoms with Crippen molar-refractivity contribution in [1.82, 2.24) is 10.6 Å². The van der Waals surface area contributed by atoms with Gasteiger partial charge in [-0.15, -0.1) is 0 Å². The van der Waals surface area contributed by atoms with E-state index in [1.165, 1.54) is 0 Å². The van der Waals surface area contributed by atoms with Gasteiger partial charge in [0, 0.05) is 36.8 Å². The number of benzene rings is 2. The predicted octanol–water partition coefficient (Wildman–Crippen LogP) is 4.10. The van der Waals surface area contributed by atoms with Gasteiger partial charge in [0.05, 0.1) is 26.4 Å². The van der Waals surface area contributed by atoms with Gasteiger partial charge in [0.25, 0.3) is 0 Å². The minimum absolute atomic E-state index is 0.0537. The highest BCUT2D eigenvalue weighted by atomic mass is 16.6. The summed E-state index contributed by atoms with van der Waals surface area (Å²) in [7, 11) is 0. The van der Waals surface area contributed by atoms with Gasteiger partial charge in [0.2, 0.25) is 0 Å². The van der Waals surface area contributed by atoms with E-state index in [1.54, 1.807) is 55.5 Å². The molecule has 2 aromatic carbocycles. The van der Waals surface area contributed by atoms with E-state index in [0.29, 0.717) is 24.2 Å². The van der Waals surface area contributed by atoms with Crippen molar-refractivity contribution in [3.8, 4) is 0 Å². The Kier molecular flexibility index (Phi) is 13.2. The molecule has 2 aromatic rings. The molecule has 12 nitrogen and oxygen atoms in total. The number of nitrogens with one attached hydrogen (secondary N) is 4. The molecule has 0 saturated carbocycles. The second-order valence-corrected chi connectivity index (χ2v) is 7.66. The predicted molar refractivity (Wildman–Crippen MR) is 135 cm³/mol. The molecule has 0 aromatic heterocycles. The average molecular weight is 517 g/mol. The number of alkyl carbamates (subject to hydrolysis) is 2. The van der Waals surface area contributed by atoms with Crippen LogP contribution in [0.4, 0.5) is 30.6 Å². The fourth-order valence-electron chi connectivity index (χ4n) is 2.71. The molecular formula is C25H32N4O8. The molecule has 37 heavy (non-hydrogen) atoms. The summed E-state index contributed by atoms with van der Waals surface area (Å²) in [6, 6.07) is 17.3. The molecule has 0 spiro atoms. The van der Waals surface area contributed by atoms with Crippen molar-refractivity contribution in [3.05, 3.63) is 60.7 Å². The topological polar surface area (TPSA) is 153 Å². The maximum absolute atomic E-state index is 11.8. The molecule has 1 unspecified atom stereocenters. The van der Waals surface area contributed by atoms with Crippen LogP contribution in [-0.4, -0.2) is 63.4 Å². The van der Waals surface area contributed by atoms with Crippen molar-refractivity contribution >= 4 is 35.7 Å². The third kappa shape index (κ3) is 13.9. The van der Waals surface area contributed by atoms with Crippen LogP contribution in [0.25, 0.3) is 0 Å². The highest BCUT2D eigenvalue weighted by molar-refractivity contribution is 5.85. The number of rotatable bonds is 13. The Morgan fingerprint density at radius 1 is 0.622 bits per heavy atom. The van der Waals surface area contributed by atoms with E-state index in [4.69, 9.17) is 18.9 Å². The molecule has 0 aliphatic rings. The minimum atomic E-state index is -0.665. The first kappa shape index (κ1) is 28.8. The molecule has 0 heterocycles. The smallest absolute Gasteiger partial charge is 0.411 e. The van der Waals surface area contributed by atoms with Crippen LogP contribution in [0.3, 0.4) is 0 Å². The molecule has 12 heteroatoms. The SMILES string of the molecule is CC(CNC(=O)OCCCOC(=O)Nc1ccccc1)NC(=O)OCCCOC(=O)Nc1ccccc1. The van der Waals surface area contributed by atoms with Gasteiger partial charge < -0.3 is 29.6 Å². The Morgan fingerprint density at radius 2 is 1.03 bits per heavy atom. The zero-order valence-electron chi connectivity index (χ0n) is 20.6. The van der Waals surface area contributed by atoms with Crippen LogP contribution >= 0.6 is 0 Å². The lowest BCUT2D eigenvalue weighted by Gasteiger charge is -2.15. The van der Waals surface area contributed by atoms with Crippen LogP contribution in [0.5, 0.6) is 0 Å². The maximum atomic E-state index is 11.8. The Labute approximate surface area is 215 Å². The molecule has 0 aliphatic heterocycles. The quantitative estimate of drug-likeness (QED) is 0.229. The summed E-state index contributed by atoms with van der Waals surface area (Å²) in [6.07, 6.45) is -1.87. The average Bonchev–Trinajstić information content (AvgIpc) is 2.88. The van der Waals surface area contributed by atoms with Crippen molar-refractivity contribution in [3.63, 3.8) is 0 Å². The summed E-state index contributed by atoms with van der Waals surface area (Å²) >= 11 is 0. The molecule has 2 rings (SSSR count). The molecule has 0 saturated heterocycles. The molecule has 0 bridgehead atoms. The molecule has 4 N–H and O–H groups in total. The van der Waals surface area contributed by atoms with Crippen LogP contribution in [0.1, 0.15) is 19.8 Å². The van der Waals surface area contributed by atoms with E-state index in [2.05, 4.69) is 21.3 Å². The van der Waals surface area contributed by atoms with Gasteiger partial charge in [0.1, 0.15) is 0 Å². The number of anilines is 2. The van der Waals surface area contributed by atoms with Gasteiger partial charge in [-0.3, -0.25) is 10.6 Å². The summed E-state index contributed by atoms with van der Waals surface area (Å²) in [5.41, 5.74) is 1.24. The lowest BCUT2D eigenvalue weighted by atomic mass is 10.3. The van der Waals surface area contributed by atoms with Crippen molar-refractivity contribution in [1.29, 1.82) is 0 Å². The van der Waals surface area contributed by atoms with Crippen LogP contribution in [-0.2, 0) is 18.9 Å². The Balaban J connectivity index is 1.42. The van der Waals surface area contributed by atoms with Crippen molar-refractivity contribution in [2.75, 3.05) is 43.6 Å². The van der Waals surface area contributed by atoms with Crippen LogP contribution in [0.15, 0.2) is 60.7 Å². The molecule has 1 atom stereocenters. The summed E-state index contributed by atoms with van der Waals surface area (Å²) in [5, 5.41) is 10.2. The number of para-hydroxylation sites is 2. The van der Waals surface area contributed by atoms with Gasteiger partial charge in [0.15, 0.2) is 0 Å². The normalized spacial score (nSPS) is 10.8. The monoisotopic (exact) mass is 516 g/mol. The third-order valence-electron chi connectivity index (χ3n) is 4.47. The zero-order chi connectivity index (χ0) is 26.7. The molecule has 0 fully saturated rings. The van der Waals surface area contributed by atoms with Crippen LogP contribution in [0, 0.1) is 0 Å². The second-order valence-electron chi connectivity index (χ2n) is 7.66. The van der Waals surface area contributed by atoms with E-state index >= 15 is 0 Å². The molecule has 0 aliphatic carbocycles. The van der Waals surface area contributed by atoms with Crippen molar-refractivity contribution in [2.45, 2.75) is 25.8 Å². The highest BCUT2D eigenvalue weighted by Crippen LogP contribution is 2.06. The largest absolute Gasteiger partial charge is 0.449 e. The number of hydrogen-bond donors (Lipinski definition) is 4.